The number of carbonyl (C=O) groups excluding carboxylic acids is 1. The summed E-state index contributed by atoms with van der Waals surface area (Å²) in [5, 5.41) is 3.06. The summed E-state index contributed by atoms with van der Waals surface area (Å²) < 4.78 is 5.70. The lowest BCUT2D eigenvalue weighted by molar-refractivity contribution is -0.170. The molecule has 2 aliphatic carbocycles. The molecule has 0 saturated heterocycles. The van der Waals surface area contributed by atoms with Crippen LogP contribution < -0.4 is 11.1 Å². The van der Waals surface area contributed by atoms with Crippen molar-refractivity contribution >= 4 is 5.91 Å². The maximum absolute atomic E-state index is 12.6. The quantitative estimate of drug-likeness (QED) is 0.666. The molecule has 0 bridgehead atoms. The fourth-order valence-electron chi connectivity index (χ4n) is 4.21. The van der Waals surface area contributed by atoms with E-state index in [4.69, 9.17) is 10.5 Å². The second-order valence-corrected chi connectivity index (χ2v) is 8.22. The summed E-state index contributed by atoms with van der Waals surface area (Å²) in [6.07, 6.45) is 8.41. The van der Waals surface area contributed by atoms with Gasteiger partial charge in [-0.05, 0) is 39.8 Å². The third-order valence-electron chi connectivity index (χ3n) is 6.41. The predicted molar refractivity (Wildman–Crippen MR) is 97.9 cm³/mol. The van der Waals surface area contributed by atoms with Crippen molar-refractivity contribution in [2.24, 2.45) is 11.1 Å². The van der Waals surface area contributed by atoms with Gasteiger partial charge in [-0.25, -0.2) is 0 Å². The van der Waals surface area contributed by atoms with Crippen LogP contribution in [0.3, 0.4) is 0 Å². The van der Waals surface area contributed by atoms with Crippen LogP contribution in [0.2, 0.25) is 0 Å². The maximum atomic E-state index is 12.6. The van der Waals surface area contributed by atoms with Gasteiger partial charge in [0, 0.05) is 31.0 Å². The molecular formula is C19H37N3O2. The minimum Gasteiger partial charge on any atom is -0.378 e. The number of rotatable bonds is 8. The third kappa shape index (κ3) is 3.94. The van der Waals surface area contributed by atoms with Crippen molar-refractivity contribution in [3.8, 4) is 0 Å². The van der Waals surface area contributed by atoms with Gasteiger partial charge in [-0.1, -0.05) is 33.1 Å². The molecule has 2 atom stereocenters. The van der Waals surface area contributed by atoms with E-state index in [1.54, 1.807) is 0 Å². The van der Waals surface area contributed by atoms with Crippen molar-refractivity contribution in [2.75, 3.05) is 26.7 Å². The highest BCUT2D eigenvalue weighted by atomic mass is 16.5. The van der Waals surface area contributed by atoms with Crippen molar-refractivity contribution in [1.82, 2.24) is 10.2 Å². The number of carbonyl (C=O) groups is 1. The second-order valence-electron chi connectivity index (χ2n) is 8.22. The van der Waals surface area contributed by atoms with Gasteiger partial charge in [0.25, 0.3) is 0 Å². The molecule has 5 heteroatoms. The SMILES string of the molecule is CCOC1CC(N)(C(=O)NCCCN(C)C2CCCCC2)C1(C)C. The fraction of sp³-hybridized carbons (Fsp3) is 0.947. The van der Waals surface area contributed by atoms with Crippen molar-refractivity contribution in [3.63, 3.8) is 0 Å². The second kappa shape index (κ2) is 8.15. The summed E-state index contributed by atoms with van der Waals surface area (Å²) >= 11 is 0. The first-order chi connectivity index (χ1) is 11.3. The lowest BCUT2D eigenvalue weighted by Crippen LogP contribution is -2.75. The van der Waals surface area contributed by atoms with Crippen LogP contribution in [0, 0.1) is 5.41 Å². The fourth-order valence-corrected chi connectivity index (χ4v) is 4.21. The minimum absolute atomic E-state index is 0.0243. The van der Waals surface area contributed by atoms with Gasteiger partial charge in [0.05, 0.1) is 6.10 Å². The lowest BCUT2D eigenvalue weighted by Gasteiger charge is -2.57. The molecule has 0 aromatic heterocycles. The molecule has 0 radical (unpaired) electrons. The van der Waals surface area contributed by atoms with E-state index in [1.807, 2.05) is 20.8 Å². The van der Waals surface area contributed by atoms with E-state index in [2.05, 4.69) is 17.3 Å². The molecule has 0 aromatic rings. The van der Waals surface area contributed by atoms with Gasteiger partial charge in [-0.15, -0.1) is 0 Å². The zero-order valence-electron chi connectivity index (χ0n) is 16.1. The van der Waals surface area contributed by atoms with Crippen molar-refractivity contribution in [3.05, 3.63) is 0 Å². The van der Waals surface area contributed by atoms with Gasteiger partial charge in [-0.2, -0.15) is 0 Å². The normalized spacial score (nSPS) is 30.2. The Kier molecular flexibility index (Phi) is 6.68. The number of nitrogens with two attached hydrogens (primary N) is 1. The van der Waals surface area contributed by atoms with Crippen LogP contribution in [0.5, 0.6) is 0 Å². The summed E-state index contributed by atoms with van der Waals surface area (Å²) in [6.45, 7) is 8.45. The Hall–Kier alpha value is -0.650. The largest absolute Gasteiger partial charge is 0.378 e. The Balaban J connectivity index is 1.69. The molecular weight excluding hydrogens is 302 g/mol. The van der Waals surface area contributed by atoms with Crippen molar-refractivity contribution in [2.45, 2.75) is 83.4 Å². The first kappa shape index (κ1) is 19.7. The predicted octanol–water partition coefficient (Wildman–Crippen LogP) is 2.29. The molecule has 2 rings (SSSR count). The van der Waals surface area contributed by atoms with Crippen LogP contribution in [0.4, 0.5) is 0 Å². The number of hydrogen-bond donors (Lipinski definition) is 2. The zero-order chi connectivity index (χ0) is 17.8. The van der Waals surface area contributed by atoms with Crippen LogP contribution in [-0.4, -0.2) is 55.2 Å². The first-order valence-corrected chi connectivity index (χ1v) is 9.72. The molecule has 3 N–H and O–H groups in total. The highest BCUT2D eigenvalue weighted by Crippen LogP contribution is 2.49. The lowest BCUT2D eigenvalue weighted by atomic mass is 9.54. The number of nitrogens with one attached hydrogen (secondary N) is 1. The molecule has 2 saturated carbocycles. The molecule has 0 aromatic carbocycles. The maximum Gasteiger partial charge on any atom is 0.240 e. The number of hydrogen-bond acceptors (Lipinski definition) is 4. The van der Waals surface area contributed by atoms with E-state index in [0.717, 1.165) is 19.0 Å². The summed E-state index contributed by atoms with van der Waals surface area (Å²) in [5.74, 6) is -0.0243. The van der Waals surface area contributed by atoms with Crippen LogP contribution in [-0.2, 0) is 9.53 Å². The standard InChI is InChI=1S/C19H37N3O2/c1-5-24-16-14-19(20,18(16,2)3)17(23)21-12-9-13-22(4)15-10-7-6-8-11-15/h15-16H,5-14,20H2,1-4H3,(H,21,23). The van der Waals surface area contributed by atoms with E-state index in [-0.39, 0.29) is 17.4 Å². The Morgan fingerprint density at radius 3 is 2.54 bits per heavy atom. The van der Waals surface area contributed by atoms with E-state index in [1.165, 1.54) is 32.1 Å². The van der Waals surface area contributed by atoms with Gasteiger partial charge in [0.1, 0.15) is 5.54 Å². The zero-order valence-corrected chi connectivity index (χ0v) is 16.1. The number of nitrogens with zero attached hydrogens (tertiary/aromatic N) is 1. The molecule has 5 nitrogen and oxygen atoms in total. The van der Waals surface area contributed by atoms with E-state index < -0.39 is 5.54 Å². The molecule has 1 amide bonds. The molecule has 2 aliphatic rings. The van der Waals surface area contributed by atoms with Gasteiger partial charge in [-0.3, -0.25) is 4.79 Å². The minimum atomic E-state index is -0.803. The van der Waals surface area contributed by atoms with E-state index in [9.17, 15) is 4.79 Å². The average molecular weight is 340 g/mol. The summed E-state index contributed by atoms with van der Waals surface area (Å²) in [5.41, 5.74) is 5.28. The van der Waals surface area contributed by atoms with Crippen LogP contribution in [0.25, 0.3) is 0 Å². The van der Waals surface area contributed by atoms with Crippen LogP contribution in [0.15, 0.2) is 0 Å². The first-order valence-electron chi connectivity index (χ1n) is 9.72. The monoisotopic (exact) mass is 339 g/mol. The van der Waals surface area contributed by atoms with Crippen molar-refractivity contribution < 1.29 is 9.53 Å². The molecule has 2 fully saturated rings. The molecule has 0 heterocycles. The smallest absolute Gasteiger partial charge is 0.240 e. The Morgan fingerprint density at radius 1 is 1.29 bits per heavy atom. The van der Waals surface area contributed by atoms with E-state index in [0.29, 0.717) is 19.6 Å². The third-order valence-corrected chi connectivity index (χ3v) is 6.41. The van der Waals surface area contributed by atoms with Gasteiger partial charge in [0.2, 0.25) is 5.91 Å². The topological polar surface area (TPSA) is 67.6 Å². The molecule has 0 spiro atoms. The number of ether oxygens (including phenoxy) is 1. The Morgan fingerprint density at radius 2 is 1.96 bits per heavy atom. The Labute approximate surface area is 147 Å². The summed E-state index contributed by atoms with van der Waals surface area (Å²) in [7, 11) is 2.21. The van der Waals surface area contributed by atoms with Crippen molar-refractivity contribution in [1.29, 1.82) is 0 Å². The molecule has 140 valence electrons. The highest BCUT2D eigenvalue weighted by molar-refractivity contribution is 5.88. The van der Waals surface area contributed by atoms with Gasteiger partial charge < -0.3 is 20.7 Å². The number of amides is 1. The molecule has 24 heavy (non-hydrogen) atoms. The van der Waals surface area contributed by atoms with Gasteiger partial charge >= 0.3 is 0 Å². The molecule has 0 aliphatic heterocycles. The summed E-state index contributed by atoms with van der Waals surface area (Å²) in [6, 6.07) is 0.729. The highest BCUT2D eigenvalue weighted by Gasteiger charge is 2.62. The van der Waals surface area contributed by atoms with Crippen LogP contribution >= 0.6 is 0 Å². The Bertz CT molecular complexity index is 421. The van der Waals surface area contributed by atoms with E-state index >= 15 is 0 Å². The van der Waals surface area contributed by atoms with Crippen LogP contribution in [0.1, 0.15) is 65.7 Å². The van der Waals surface area contributed by atoms with Gasteiger partial charge in [0.15, 0.2) is 0 Å². The summed E-state index contributed by atoms with van der Waals surface area (Å²) in [4.78, 5) is 15.0. The molecule has 2 unspecified atom stereocenters. The average Bonchev–Trinajstić information content (AvgIpc) is 2.58.